The van der Waals surface area contributed by atoms with E-state index >= 15 is 0 Å². The normalized spacial score (nSPS) is 14.0. The fourth-order valence-electron chi connectivity index (χ4n) is 2.06. The first-order valence-electron chi connectivity index (χ1n) is 5.55. The lowest BCUT2D eigenvalue weighted by Crippen LogP contribution is -2.10. The molecule has 1 atom stereocenters. The molecule has 1 aromatic rings. The Bertz CT molecular complexity index is 334. The van der Waals surface area contributed by atoms with Gasteiger partial charge in [-0.2, -0.15) is 0 Å². The summed E-state index contributed by atoms with van der Waals surface area (Å²) in [5, 5.41) is 0.909. The summed E-state index contributed by atoms with van der Waals surface area (Å²) in [6, 6.07) is 6.35. The predicted molar refractivity (Wildman–Crippen MR) is 68.7 cm³/mol. The third-order valence-electron chi connectivity index (χ3n) is 2.61. The van der Waals surface area contributed by atoms with E-state index in [9.17, 15) is 0 Å². The molecule has 1 aromatic carbocycles. The predicted octanol–water partition coefficient (Wildman–Crippen LogP) is 5.19. The van der Waals surface area contributed by atoms with Gasteiger partial charge in [-0.05, 0) is 41.9 Å². The van der Waals surface area contributed by atoms with Gasteiger partial charge in [0.25, 0.3) is 0 Å². The van der Waals surface area contributed by atoms with Gasteiger partial charge in [0, 0.05) is 5.02 Å². The molecular formula is C14H21Cl. The number of halogens is 1. The molecule has 0 saturated carbocycles. The molecule has 1 rings (SSSR count). The standard InChI is InChI=1S/C14H21Cl/c1-10-6-7-12(13(15)8-10)11(2)9-14(3,4)5/h6-8,11H,9H2,1-5H3. The minimum atomic E-state index is 0.355. The van der Waals surface area contributed by atoms with Crippen LogP contribution < -0.4 is 0 Å². The molecule has 0 nitrogen and oxygen atoms in total. The number of hydrogen-bond donors (Lipinski definition) is 0. The van der Waals surface area contributed by atoms with E-state index in [0.29, 0.717) is 11.3 Å². The van der Waals surface area contributed by atoms with E-state index in [-0.39, 0.29) is 0 Å². The molecule has 0 fully saturated rings. The minimum absolute atomic E-state index is 0.355. The van der Waals surface area contributed by atoms with E-state index in [1.54, 1.807) is 0 Å². The molecule has 0 aliphatic carbocycles. The zero-order valence-electron chi connectivity index (χ0n) is 10.4. The summed E-state index contributed by atoms with van der Waals surface area (Å²) < 4.78 is 0. The van der Waals surface area contributed by atoms with E-state index in [1.807, 2.05) is 0 Å². The maximum Gasteiger partial charge on any atom is 0.0443 e. The number of aryl methyl sites for hydroxylation is 1. The van der Waals surface area contributed by atoms with Crippen molar-refractivity contribution >= 4 is 11.6 Å². The van der Waals surface area contributed by atoms with Crippen molar-refractivity contribution in [2.45, 2.75) is 47.0 Å². The zero-order valence-corrected chi connectivity index (χ0v) is 11.2. The first kappa shape index (κ1) is 12.6. The third-order valence-corrected chi connectivity index (χ3v) is 2.93. The first-order chi connectivity index (χ1) is 6.79. The van der Waals surface area contributed by atoms with Crippen LogP contribution in [0.25, 0.3) is 0 Å². The van der Waals surface area contributed by atoms with Gasteiger partial charge in [-0.15, -0.1) is 0 Å². The number of rotatable bonds is 2. The van der Waals surface area contributed by atoms with Crippen LogP contribution in [0.2, 0.25) is 5.02 Å². The Balaban J connectivity index is 2.87. The lowest BCUT2D eigenvalue weighted by Gasteiger charge is -2.24. The van der Waals surface area contributed by atoms with Crippen molar-refractivity contribution in [1.29, 1.82) is 0 Å². The Morgan fingerprint density at radius 1 is 1.27 bits per heavy atom. The summed E-state index contributed by atoms with van der Waals surface area (Å²) in [6.07, 6.45) is 1.16. The molecule has 0 bridgehead atoms. The summed E-state index contributed by atoms with van der Waals surface area (Å²) >= 11 is 6.25. The maximum absolute atomic E-state index is 6.25. The van der Waals surface area contributed by atoms with Crippen molar-refractivity contribution < 1.29 is 0 Å². The highest BCUT2D eigenvalue weighted by Crippen LogP contribution is 2.34. The summed E-state index contributed by atoms with van der Waals surface area (Å²) in [5.74, 6) is 0.526. The largest absolute Gasteiger partial charge is 0.0840 e. The molecule has 0 aliphatic rings. The fourth-order valence-corrected chi connectivity index (χ4v) is 2.48. The van der Waals surface area contributed by atoms with Gasteiger partial charge in [-0.1, -0.05) is 51.4 Å². The van der Waals surface area contributed by atoms with Crippen molar-refractivity contribution in [3.63, 3.8) is 0 Å². The van der Waals surface area contributed by atoms with Crippen molar-refractivity contribution in [1.82, 2.24) is 0 Å². The van der Waals surface area contributed by atoms with Crippen LogP contribution in [0.3, 0.4) is 0 Å². The van der Waals surface area contributed by atoms with E-state index in [0.717, 1.165) is 11.4 Å². The summed E-state index contributed by atoms with van der Waals surface area (Å²) in [4.78, 5) is 0. The average Bonchev–Trinajstić information content (AvgIpc) is 1.99. The minimum Gasteiger partial charge on any atom is -0.0840 e. The van der Waals surface area contributed by atoms with Gasteiger partial charge >= 0.3 is 0 Å². The molecule has 0 aliphatic heterocycles. The van der Waals surface area contributed by atoms with E-state index in [2.05, 4.69) is 52.8 Å². The van der Waals surface area contributed by atoms with Crippen molar-refractivity contribution in [2.24, 2.45) is 5.41 Å². The van der Waals surface area contributed by atoms with Gasteiger partial charge in [0.05, 0.1) is 0 Å². The summed E-state index contributed by atoms with van der Waals surface area (Å²) in [7, 11) is 0. The van der Waals surface area contributed by atoms with Gasteiger partial charge < -0.3 is 0 Å². The van der Waals surface area contributed by atoms with Crippen LogP contribution in [0, 0.1) is 12.3 Å². The molecule has 0 aromatic heterocycles. The Hall–Kier alpha value is -0.490. The molecule has 0 N–H and O–H groups in total. The van der Waals surface area contributed by atoms with E-state index < -0.39 is 0 Å². The molecule has 1 unspecified atom stereocenters. The van der Waals surface area contributed by atoms with Gasteiger partial charge in [0.1, 0.15) is 0 Å². The van der Waals surface area contributed by atoms with E-state index in [4.69, 9.17) is 11.6 Å². The smallest absolute Gasteiger partial charge is 0.0443 e. The first-order valence-corrected chi connectivity index (χ1v) is 5.93. The molecule has 84 valence electrons. The SMILES string of the molecule is Cc1ccc(C(C)CC(C)(C)C)c(Cl)c1. The maximum atomic E-state index is 6.25. The lowest BCUT2D eigenvalue weighted by atomic mass is 9.82. The highest BCUT2D eigenvalue weighted by atomic mass is 35.5. The molecule has 0 saturated heterocycles. The Morgan fingerprint density at radius 3 is 2.33 bits per heavy atom. The molecule has 0 radical (unpaired) electrons. The molecule has 0 spiro atoms. The third kappa shape index (κ3) is 3.87. The molecule has 0 heterocycles. The average molecular weight is 225 g/mol. The van der Waals surface area contributed by atoms with Crippen LogP contribution in [0.5, 0.6) is 0 Å². The van der Waals surface area contributed by atoms with Crippen molar-refractivity contribution in [2.75, 3.05) is 0 Å². The van der Waals surface area contributed by atoms with Gasteiger partial charge in [-0.25, -0.2) is 0 Å². The highest BCUT2D eigenvalue weighted by molar-refractivity contribution is 6.31. The molecule has 15 heavy (non-hydrogen) atoms. The zero-order chi connectivity index (χ0) is 11.6. The van der Waals surface area contributed by atoms with Crippen LogP contribution in [-0.2, 0) is 0 Å². The second kappa shape index (κ2) is 4.57. The molecule has 1 heteroatoms. The fraction of sp³-hybridized carbons (Fsp3) is 0.571. The Kier molecular flexibility index (Phi) is 3.83. The number of hydrogen-bond acceptors (Lipinski definition) is 0. The summed E-state index contributed by atoms with van der Waals surface area (Å²) in [5.41, 5.74) is 2.86. The molecule has 0 amide bonds. The van der Waals surface area contributed by atoms with Gasteiger partial charge in [-0.3, -0.25) is 0 Å². The van der Waals surface area contributed by atoms with Gasteiger partial charge in [0.2, 0.25) is 0 Å². The van der Waals surface area contributed by atoms with Crippen LogP contribution in [0.1, 0.15) is 51.2 Å². The van der Waals surface area contributed by atoms with Crippen LogP contribution >= 0.6 is 11.6 Å². The monoisotopic (exact) mass is 224 g/mol. The molecular weight excluding hydrogens is 204 g/mol. The van der Waals surface area contributed by atoms with Crippen molar-refractivity contribution in [3.05, 3.63) is 34.3 Å². The Labute approximate surface area is 98.7 Å². The second-order valence-corrected chi connectivity index (χ2v) is 6.10. The second-order valence-electron chi connectivity index (χ2n) is 5.69. The van der Waals surface area contributed by atoms with Crippen molar-refractivity contribution in [3.8, 4) is 0 Å². The highest BCUT2D eigenvalue weighted by Gasteiger charge is 2.18. The van der Waals surface area contributed by atoms with Crippen LogP contribution in [0.15, 0.2) is 18.2 Å². The quantitative estimate of drug-likeness (QED) is 0.649. The van der Waals surface area contributed by atoms with Gasteiger partial charge in [0.15, 0.2) is 0 Å². The topological polar surface area (TPSA) is 0 Å². The Morgan fingerprint density at radius 2 is 1.87 bits per heavy atom. The lowest BCUT2D eigenvalue weighted by molar-refractivity contribution is 0.349. The van der Waals surface area contributed by atoms with Crippen LogP contribution in [0.4, 0.5) is 0 Å². The van der Waals surface area contributed by atoms with E-state index in [1.165, 1.54) is 11.1 Å². The number of benzene rings is 1. The van der Waals surface area contributed by atoms with Crippen LogP contribution in [-0.4, -0.2) is 0 Å². The summed E-state index contributed by atoms with van der Waals surface area (Å²) in [6.45, 7) is 11.1.